The maximum Gasteiger partial charge on any atom is 0.408 e. The lowest BCUT2D eigenvalue weighted by Crippen LogP contribution is -2.54. The molecule has 0 saturated heterocycles. The first-order chi connectivity index (χ1) is 16.9. The molecule has 1 aromatic carbocycles. The smallest absolute Gasteiger partial charge is 0.408 e. The first-order valence-corrected chi connectivity index (χ1v) is 13.6. The van der Waals surface area contributed by atoms with Gasteiger partial charge in [-0.1, -0.05) is 62.9 Å². The van der Waals surface area contributed by atoms with Crippen molar-refractivity contribution < 1.29 is 19.1 Å². The van der Waals surface area contributed by atoms with Crippen LogP contribution in [0.4, 0.5) is 4.79 Å². The first kappa shape index (κ1) is 28.0. The lowest BCUT2D eigenvalue weighted by atomic mass is 9.94. The number of nitrogens with one attached hydrogen (secondary N) is 2. The van der Waals surface area contributed by atoms with Gasteiger partial charge < -0.3 is 20.3 Å². The fourth-order valence-corrected chi connectivity index (χ4v) is 5.00. The van der Waals surface area contributed by atoms with E-state index in [0.717, 1.165) is 49.7 Å². The van der Waals surface area contributed by atoms with Crippen molar-refractivity contribution in [3.05, 3.63) is 35.4 Å². The van der Waals surface area contributed by atoms with Gasteiger partial charge in [0.2, 0.25) is 11.8 Å². The molecule has 0 spiro atoms. The van der Waals surface area contributed by atoms with Crippen LogP contribution in [0.3, 0.4) is 0 Å². The third-order valence-corrected chi connectivity index (χ3v) is 6.73. The minimum atomic E-state index is -0.768. The maximum absolute atomic E-state index is 14.1. The molecule has 2 saturated carbocycles. The van der Waals surface area contributed by atoms with E-state index >= 15 is 0 Å². The van der Waals surface area contributed by atoms with Crippen LogP contribution < -0.4 is 10.6 Å². The Morgan fingerprint density at radius 2 is 1.72 bits per heavy atom. The van der Waals surface area contributed by atoms with E-state index in [1.165, 1.54) is 6.42 Å². The zero-order chi connectivity index (χ0) is 26.5. The average Bonchev–Trinajstić information content (AvgIpc) is 3.60. The Hall–Kier alpha value is -2.57. The van der Waals surface area contributed by atoms with Crippen LogP contribution >= 0.6 is 0 Å². The Balaban J connectivity index is 1.92. The highest BCUT2D eigenvalue weighted by Gasteiger charge is 2.44. The predicted octanol–water partition coefficient (Wildman–Crippen LogP) is 5.42. The van der Waals surface area contributed by atoms with Gasteiger partial charge in [0, 0.05) is 12.1 Å². The zero-order valence-electron chi connectivity index (χ0n) is 22.9. The molecule has 0 radical (unpaired) electrons. The molecule has 0 aromatic heterocycles. The largest absolute Gasteiger partial charge is 0.444 e. The number of carbonyl (C=O) groups excluding carboxylic acids is 3. The highest BCUT2D eigenvalue weighted by molar-refractivity contribution is 5.92. The van der Waals surface area contributed by atoms with E-state index < -0.39 is 23.8 Å². The van der Waals surface area contributed by atoms with Gasteiger partial charge in [-0.2, -0.15) is 0 Å². The molecule has 2 aliphatic carbocycles. The summed E-state index contributed by atoms with van der Waals surface area (Å²) in [6.45, 7) is 11.4. The topological polar surface area (TPSA) is 87.7 Å². The lowest BCUT2D eigenvalue weighted by Gasteiger charge is -2.36. The second-order valence-electron chi connectivity index (χ2n) is 12.0. The van der Waals surface area contributed by atoms with Gasteiger partial charge in [-0.25, -0.2) is 4.79 Å². The number of hydrogen-bond acceptors (Lipinski definition) is 4. The van der Waals surface area contributed by atoms with E-state index in [0.29, 0.717) is 6.42 Å². The van der Waals surface area contributed by atoms with Crippen molar-refractivity contribution in [1.82, 2.24) is 15.5 Å². The highest BCUT2D eigenvalue weighted by Crippen LogP contribution is 2.36. The Bertz CT molecular complexity index is 913. The van der Waals surface area contributed by atoms with Crippen LogP contribution in [-0.4, -0.2) is 46.5 Å². The summed E-state index contributed by atoms with van der Waals surface area (Å²) in [6, 6.07) is 6.47. The maximum atomic E-state index is 14.1. The molecule has 2 aliphatic rings. The van der Waals surface area contributed by atoms with Crippen molar-refractivity contribution in [3.8, 4) is 0 Å². The average molecular weight is 500 g/mol. The molecule has 0 aliphatic heterocycles. The third kappa shape index (κ3) is 8.24. The fraction of sp³-hybridized carbons (Fsp3) is 0.690. The summed E-state index contributed by atoms with van der Waals surface area (Å²) < 4.78 is 5.46. The Labute approximate surface area is 216 Å². The summed E-state index contributed by atoms with van der Waals surface area (Å²) in [7, 11) is 0. The zero-order valence-corrected chi connectivity index (χ0v) is 22.9. The summed E-state index contributed by atoms with van der Waals surface area (Å²) in [4.78, 5) is 42.4. The van der Waals surface area contributed by atoms with Gasteiger partial charge in [-0.15, -0.1) is 0 Å². The first-order valence-electron chi connectivity index (χ1n) is 13.6. The molecule has 1 aromatic rings. The minimum absolute atomic E-state index is 0.0183. The summed E-state index contributed by atoms with van der Waals surface area (Å²) in [5.41, 5.74) is 1.18. The number of ether oxygens (including phenoxy) is 1. The van der Waals surface area contributed by atoms with E-state index in [9.17, 15) is 14.4 Å². The second kappa shape index (κ2) is 12.1. The molecule has 3 rings (SSSR count). The van der Waals surface area contributed by atoms with Crippen molar-refractivity contribution in [3.63, 3.8) is 0 Å². The van der Waals surface area contributed by atoms with Gasteiger partial charge in [0.25, 0.3) is 0 Å². The Morgan fingerprint density at radius 3 is 2.28 bits per heavy atom. The SMILES string of the molecule is Cc1cccc(C(C(=O)NC2CCCCC2)N(C(=O)C(CC(C)C)NC(=O)OC(C)(C)C)C2CC2)c1. The minimum Gasteiger partial charge on any atom is -0.444 e. The van der Waals surface area contributed by atoms with Crippen LogP contribution in [0.1, 0.15) is 103 Å². The number of alkyl carbamates (subject to hydrolysis) is 1. The molecular weight excluding hydrogens is 454 g/mol. The number of nitrogens with zero attached hydrogens (tertiary/aromatic N) is 1. The molecule has 7 nitrogen and oxygen atoms in total. The number of rotatable bonds is 9. The molecule has 2 fully saturated rings. The molecule has 3 amide bonds. The molecule has 2 N–H and O–H groups in total. The van der Waals surface area contributed by atoms with Gasteiger partial charge in [-0.3, -0.25) is 9.59 Å². The number of amides is 3. The molecule has 36 heavy (non-hydrogen) atoms. The Morgan fingerprint density at radius 1 is 1.06 bits per heavy atom. The molecule has 2 atom stereocenters. The summed E-state index contributed by atoms with van der Waals surface area (Å²) in [6.07, 6.45) is 6.93. The molecule has 7 heteroatoms. The van der Waals surface area contributed by atoms with Crippen molar-refractivity contribution in [1.29, 1.82) is 0 Å². The lowest BCUT2D eigenvalue weighted by molar-refractivity contribution is -0.143. The number of hydrogen-bond donors (Lipinski definition) is 2. The van der Waals surface area contributed by atoms with E-state index in [1.807, 2.05) is 45.0 Å². The van der Waals surface area contributed by atoms with Gasteiger partial charge in [0.15, 0.2) is 0 Å². The van der Waals surface area contributed by atoms with Gasteiger partial charge in [-0.05, 0) is 71.3 Å². The van der Waals surface area contributed by atoms with Gasteiger partial charge in [0.1, 0.15) is 17.7 Å². The molecular formula is C29H45N3O4. The van der Waals surface area contributed by atoms with Crippen LogP contribution in [0.25, 0.3) is 0 Å². The van der Waals surface area contributed by atoms with Gasteiger partial charge >= 0.3 is 6.09 Å². The van der Waals surface area contributed by atoms with Crippen molar-refractivity contribution in [2.75, 3.05) is 0 Å². The number of aryl methyl sites for hydroxylation is 1. The van der Waals surface area contributed by atoms with Crippen molar-refractivity contribution in [2.24, 2.45) is 5.92 Å². The van der Waals surface area contributed by atoms with E-state index in [1.54, 1.807) is 25.7 Å². The molecule has 0 heterocycles. The van der Waals surface area contributed by atoms with Crippen LogP contribution in [-0.2, 0) is 14.3 Å². The van der Waals surface area contributed by atoms with Crippen LogP contribution in [0, 0.1) is 12.8 Å². The van der Waals surface area contributed by atoms with Crippen LogP contribution in [0.2, 0.25) is 0 Å². The normalized spacial score (nSPS) is 18.3. The Kier molecular flexibility index (Phi) is 9.42. The predicted molar refractivity (Wildman–Crippen MR) is 141 cm³/mol. The molecule has 0 bridgehead atoms. The van der Waals surface area contributed by atoms with Crippen molar-refractivity contribution in [2.45, 2.75) is 123 Å². The third-order valence-electron chi connectivity index (χ3n) is 6.73. The number of benzene rings is 1. The van der Waals surface area contributed by atoms with Crippen LogP contribution in [0.15, 0.2) is 24.3 Å². The molecule has 200 valence electrons. The fourth-order valence-electron chi connectivity index (χ4n) is 5.00. The van der Waals surface area contributed by atoms with Crippen LogP contribution in [0.5, 0.6) is 0 Å². The van der Waals surface area contributed by atoms with E-state index in [4.69, 9.17) is 4.74 Å². The quantitative estimate of drug-likeness (QED) is 0.475. The van der Waals surface area contributed by atoms with E-state index in [-0.39, 0.29) is 29.8 Å². The summed E-state index contributed by atoms with van der Waals surface area (Å²) in [5, 5.41) is 6.08. The summed E-state index contributed by atoms with van der Waals surface area (Å²) in [5.74, 6) is -0.181. The second-order valence-corrected chi connectivity index (χ2v) is 12.0. The monoisotopic (exact) mass is 499 g/mol. The number of carbonyl (C=O) groups is 3. The van der Waals surface area contributed by atoms with Gasteiger partial charge in [0.05, 0.1) is 0 Å². The van der Waals surface area contributed by atoms with Crippen molar-refractivity contribution >= 4 is 17.9 Å². The highest BCUT2D eigenvalue weighted by atomic mass is 16.6. The summed E-state index contributed by atoms with van der Waals surface area (Å²) >= 11 is 0. The van der Waals surface area contributed by atoms with E-state index in [2.05, 4.69) is 10.6 Å². The standard InChI is InChI=1S/C29H45N3O4/c1-19(2)17-24(31-28(35)36-29(4,5)6)27(34)32(23-15-16-23)25(21-12-10-11-20(3)18-21)26(33)30-22-13-8-7-9-14-22/h10-12,18-19,22-25H,7-9,13-17H2,1-6H3,(H,30,33)(H,31,35). The molecule has 2 unspecified atom stereocenters.